The van der Waals surface area contributed by atoms with Gasteiger partial charge in [-0.25, -0.2) is 24.3 Å². The molecule has 0 aliphatic carbocycles. The molecule has 9 atom stereocenters. The number of aliphatic hydroxyl groups excluding tert-OH is 3. The number of nitrogens with zero attached hydrogens (tertiary/aromatic N) is 7. The quantitative estimate of drug-likeness (QED) is 0.113. The normalized spacial score (nSPS) is 31.7. The highest BCUT2D eigenvalue weighted by Crippen LogP contribution is 2.62. The molecule has 4 aromatic heterocycles. The molecule has 0 saturated carbocycles. The molecule has 0 radical (unpaired) electrons. The van der Waals surface area contributed by atoms with Crippen molar-refractivity contribution < 1.29 is 33.9 Å². The Morgan fingerprint density at radius 1 is 1.15 bits per heavy atom. The largest absolute Gasteiger partial charge is 0.395 e. The van der Waals surface area contributed by atoms with E-state index in [0.717, 1.165) is 11.8 Å². The van der Waals surface area contributed by atoms with Crippen LogP contribution in [0.15, 0.2) is 23.8 Å². The summed E-state index contributed by atoms with van der Waals surface area (Å²) in [5.74, 6) is -0.0919. The number of rotatable bonds is 7. The molecule has 0 aromatic carbocycles. The number of H-pyrrole nitrogens is 1. The minimum atomic E-state index is -3.98. The summed E-state index contributed by atoms with van der Waals surface area (Å²) in [6.45, 7) is -4.97. The summed E-state index contributed by atoms with van der Waals surface area (Å²) in [5.41, 5.74) is 10.2. The number of fused-ring (bicyclic) bond motifs is 2. The van der Waals surface area contributed by atoms with Gasteiger partial charge in [0.15, 0.2) is 41.5 Å². The van der Waals surface area contributed by atoms with Crippen LogP contribution in [-0.2, 0) is 21.1 Å². The topological polar surface area (TPSA) is 259 Å². The lowest BCUT2D eigenvalue weighted by molar-refractivity contribution is -0.0417. The molecule has 41 heavy (non-hydrogen) atoms. The molecular weight excluding hydrogens is 606 g/mol. The first kappa shape index (κ1) is 28.3. The van der Waals surface area contributed by atoms with Crippen molar-refractivity contribution in [1.82, 2.24) is 39.0 Å². The number of hydrogen-bond acceptors (Lipinski definition) is 15. The summed E-state index contributed by atoms with van der Waals surface area (Å²) >= 11 is 6.54. The van der Waals surface area contributed by atoms with Gasteiger partial charge in [0.25, 0.3) is 5.56 Å². The molecule has 2 unspecified atom stereocenters. The number of nitrogen functional groups attached to an aromatic ring is 2. The second kappa shape index (κ2) is 10.5. The summed E-state index contributed by atoms with van der Waals surface area (Å²) < 4.78 is 29.3. The highest BCUT2D eigenvalue weighted by molar-refractivity contribution is 8.10. The van der Waals surface area contributed by atoms with E-state index in [4.69, 9.17) is 32.5 Å². The molecule has 2 fully saturated rings. The van der Waals surface area contributed by atoms with Crippen molar-refractivity contribution >= 4 is 64.2 Å². The van der Waals surface area contributed by atoms with Crippen LogP contribution in [0.25, 0.3) is 22.3 Å². The SMILES string of the molecule is Nc1nc2c(ncn2C2S[C@H](CO)[C@@H](O)[C@H]2P(O)(=S)OC[C@H]2O[C@@H](n3cnc4c(N)ncnc43)[C@@H](F)[C@@H]2O)c(=O)[nH]1. The van der Waals surface area contributed by atoms with Crippen molar-refractivity contribution in [2.45, 2.75) is 47.0 Å². The fourth-order valence-corrected chi connectivity index (χ4v) is 9.91. The zero-order valence-electron chi connectivity index (χ0n) is 20.7. The summed E-state index contributed by atoms with van der Waals surface area (Å²) in [7, 11) is 0. The molecule has 0 amide bonds. The van der Waals surface area contributed by atoms with Gasteiger partial charge in [-0.2, -0.15) is 4.98 Å². The van der Waals surface area contributed by atoms with Crippen molar-refractivity contribution in [1.29, 1.82) is 0 Å². The van der Waals surface area contributed by atoms with Crippen LogP contribution in [-0.4, -0.2) is 108 Å². The molecule has 6 rings (SSSR count). The summed E-state index contributed by atoms with van der Waals surface area (Å²) in [4.78, 5) is 46.2. The van der Waals surface area contributed by atoms with Crippen molar-refractivity contribution in [2.24, 2.45) is 0 Å². The zero-order chi connectivity index (χ0) is 29.2. The number of nitrogens with one attached hydrogen (secondary N) is 1. The van der Waals surface area contributed by atoms with Crippen LogP contribution in [0.2, 0.25) is 0 Å². The van der Waals surface area contributed by atoms with E-state index < -0.39 is 72.3 Å². The third kappa shape index (κ3) is 4.68. The molecule has 6 heterocycles. The number of nitrogens with two attached hydrogens (primary N) is 2. The molecule has 0 bridgehead atoms. The first-order chi connectivity index (χ1) is 19.5. The number of ether oxygens (including phenoxy) is 1. The van der Waals surface area contributed by atoms with E-state index in [9.17, 15) is 25.0 Å². The number of imidazole rings is 2. The zero-order valence-corrected chi connectivity index (χ0v) is 23.2. The summed E-state index contributed by atoms with van der Waals surface area (Å²) in [6, 6.07) is 0. The molecule has 2 aliphatic rings. The predicted octanol–water partition coefficient (Wildman–Crippen LogP) is -1.63. The minimum absolute atomic E-state index is 0.0331. The molecule has 21 heteroatoms. The first-order valence-corrected chi connectivity index (χ1v) is 15.7. The maximum absolute atomic E-state index is 15.2. The van der Waals surface area contributed by atoms with Crippen LogP contribution >= 0.6 is 18.3 Å². The Bertz CT molecular complexity index is 1720. The van der Waals surface area contributed by atoms with E-state index in [0.29, 0.717) is 0 Å². The molecule has 220 valence electrons. The van der Waals surface area contributed by atoms with Gasteiger partial charge in [-0.1, -0.05) is 0 Å². The average molecular weight is 631 g/mol. The van der Waals surface area contributed by atoms with Gasteiger partial charge in [-0.05, 0) is 11.8 Å². The Morgan fingerprint density at radius 3 is 2.63 bits per heavy atom. The number of anilines is 2. The number of hydrogen-bond donors (Lipinski definition) is 7. The lowest BCUT2D eigenvalue weighted by atomic mass is 10.1. The number of alkyl halides is 1. The highest BCUT2D eigenvalue weighted by atomic mass is 32.5. The third-order valence-electron chi connectivity index (χ3n) is 7.00. The van der Waals surface area contributed by atoms with E-state index in [1.165, 1.54) is 28.1 Å². The van der Waals surface area contributed by atoms with E-state index >= 15 is 4.39 Å². The molecule has 17 nitrogen and oxygen atoms in total. The maximum Gasteiger partial charge on any atom is 0.280 e. The minimum Gasteiger partial charge on any atom is -0.395 e. The molecule has 4 aromatic rings. The van der Waals surface area contributed by atoms with Gasteiger partial charge in [0.05, 0.1) is 48.3 Å². The Balaban J connectivity index is 1.25. The van der Waals surface area contributed by atoms with Gasteiger partial charge in [0.1, 0.15) is 24.1 Å². The maximum atomic E-state index is 15.2. The van der Waals surface area contributed by atoms with Crippen LogP contribution < -0.4 is 17.0 Å². The number of aromatic amines is 1. The van der Waals surface area contributed by atoms with Crippen LogP contribution in [0.4, 0.5) is 16.2 Å². The van der Waals surface area contributed by atoms with Crippen molar-refractivity contribution in [3.63, 3.8) is 0 Å². The fourth-order valence-electron chi connectivity index (χ4n) is 4.98. The van der Waals surface area contributed by atoms with Gasteiger partial charge in [0, 0.05) is 0 Å². The van der Waals surface area contributed by atoms with Gasteiger partial charge in [0.2, 0.25) is 5.95 Å². The van der Waals surface area contributed by atoms with Gasteiger partial charge in [-0.3, -0.25) is 14.3 Å². The summed E-state index contributed by atoms with van der Waals surface area (Å²) in [5, 5.41) is 29.8. The Hall–Kier alpha value is -2.81. The molecule has 2 saturated heterocycles. The van der Waals surface area contributed by atoms with E-state index in [1.807, 2.05) is 0 Å². The van der Waals surface area contributed by atoms with E-state index in [2.05, 4.69) is 29.9 Å². The molecule has 0 spiro atoms. The molecule has 9 N–H and O–H groups in total. The Labute approximate surface area is 237 Å². The van der Waals surface area contributed by atoms with E-state index in [-0.39, 0.29) is 34.1 Å². The van der Waals surface area contributed by atoms with Gasteiger partial charge in [-0.15, -0.1) is 11.8 Å². The van der Waals surface area contributed by atoms with E-state index in [1.54, 1.807) is 0 Å². The Kier molecular flexibility index (Phi) is 7.23. The number of halogens is 1. The van der Waals surface area contributed by atoms with Crippen molar-refractivity contribution in [3.05, 3.63) is 29.3 Å². The third-order valence-corrected chi connectivity index (χ3v) is 11.7. The predicted molar refractivity (Wildman–Crippen MR) is 147 cm³/mol. The van der Waals surface area contributed by atoms with Gasteiger partial charge >= 0.3 is 0 Å². The first-order valence-electron chi connectivity index (χ1n) is 12.1. The lowest BCUT2D eigenvalue weighted by Gasteiger charge is -2.30. The van der Waals surface area contributed by atoms with Crippen LogP contribution in [0.1, 0.15) is 11.6 Å². The molecular formula is C20H24FN10O7PS2. The Morgan fingerprint density at radius 2 is 1.88 bits per heavy atom. The molecule has 2 aliphatic heterocycles. The summed E-state index contributed by atoms with van der Waals surface area (Å²) in [6.07, 6.45) is -3.84. The van der Waals surface area contributed by atoms with Crippen LogP contribution in [0, 0.1) is 0 Å². The smallest absolute Gasteiger partial charge is 0.280 e. The lowest BCUT2D eigenvalue weighted by Crippen LogP contribution is -2.35. The standard InChI is InChI=1S/C20H24FN10O7PS2/c21-8-11(33)6(38-18(8)30-4-26-9-14(22)24-3-25-15(9)30)2-37-39(36,40)13-12(34)7(1-32)41-19(13)31-5-27-10-16(31)28-20(23)29-17(10)35/h3-8,11-13,18-19,32-34H,1-2H2,(H,36,40)(H2,22,24,25)(H3,23,28,29,35)/t6-,7-,8+,11-,12-,13-,18-,19?,39?/m1/s1. The number of aliphatic hydroxyl groups is 3. The van der Waals surface area contributed by atoms with Gasteiger partial charge < -0.3 is 45.5 Å². The van der Waals surface area contributed by atoms with Crippen molar-refractivity contribution in [3.8, 4) is 0 Å². The number of aromatic nitrogens is 8. The fraction of sp³-hybridized carbons (Fsp3) is 0.500. The van der Waals surface area contributed by atoms with Crippen LogP contribution in [0.5, 0.6) is 0 Å². The van der Waals surface area contributed by atoms with Crippen LogP contribution in [0.3, 0.4) is 0 Å². The second-order valence-corrected chi connectivity index (χ2v) is 14.4. The second-order valence-electron chi connectivity index (χ2n) is 9.45. The number of thioether (sulfide) groups is 1. The van der Waals surface area contributed by atoms with Crippen molar-refractivity contribution in [2.75, 3.05) is 24.7 Å². The highest BCUT2D eigenvalue weighted by Gasteiger charge is 2.53. The average Bonchev–Trinajstić information content (AvgIpc) is 3.68. The monoisotopic (exact) mass is 630 g/mol.